The number of carbonyl (C=O) groups excluding carboxylic acids is 2. The molecule has 3 amide bonds. The topological polar surface area (TPSA) is 84.7 Å². The normalized spacial score (nSPS) is 19.9. The molecular formula is C10H11N3O3. The van der Waals surface area contributed by atoms with Gasteiger partial charge in [-0.15, -0.1) is 0 Å². The number of ether oxygens (including phenoxy) is 1. The number of nitrogens with one attached hydrogen (secondary N) is 1. The molecule has 1 fully saturated rings. The van der Waals surface area contributed by atoms with Crippen molar-refractivity contribution in [2.75, 3.05) is 7.11 Å². The lowest BCUT2D eigenvalue weighted by molar-refractivity contribution is -0.127. The summed E-state index contributed by atoms with van der Waals surface area (Å²) in [5.41, 5.74) is 0.673. The molecule has 0 aromatic heterocycles. The first-order valence-corrected chi connectivity index (χ1v) is 4.66. The van der Waals surface area contributed by atoms with Crippen LogP contribution < -0.4 is 15.9 Å². The van der Waals surface area contributed by atoms with E-state index < -0.39 is 18.0 Å². The van der Waals surface area contributed by atoms with Gasteiger partial charge in [0.05, 0.1) is 7.11 Å². The fourth-order valence-corrected chi connectivity index (χ4v) is 1.52. The number of hydrogen-bond donors (Lipinski definition) is 2. The molecule has 6 nitrogen and oxygen atoms in total. The minimum atomic E-state index is -0.705. The molecule has 1 atom stereocenters. The van der Waals surface area contributed by atoms with Crippen LogP contribution in [0.4, 0.5) is 4.79 Å². The van der Waals surface area contributed by atoms with Crippen LogP contribution in [0.1, 0.15) is 11.6 Å². The van der Waals surface area contributed by atoms with Crippen LogP contribution in [-0.4, -0.2) is 24.1 Å². The molecule has 0 spiro atoms. The summed E-state index contributed by atoms with van der Waals surface area (Å²) in [6.45, 7) is 0. The summed E-state index contributed by atoms with van der Waals surface area (Å²) in [7, 11) is 1.55. The average Bonchev–Trinajstić information content (AvgIpc) is 2.57. The Morgan fingerprint density at radius 1 is 1.31 bits per heavy atom. The SMILES string of the molecule is COc1ccc([C@H]2NC(=O)N(N)C2=O)cc1. The molecule has 0 aliphatic carbocycles. The molecule has 1 saturated heterocycles. The van der Waals surface area contributed by atoms with E-state index in [4.69, 9.17) is 10.6 Å². The van der Waals surface area contributed by atoms with E-state index in [0.717, 1.165) is 0 Å². The van der Waals surface area contributed by atoms with Gasteiger partial charge in [-0.3, -0.25) is 4.79 Å². The quantitative estimate of drug-likeness (QED) is 0.423. The largest absolute Gasteiger partial charge is 0.497 e. The molecule has 6 heteroatoms. The van der Waals surface area contributed by atoms with Gasteiger partial charge in [-0.2, -0.15) is 5.01 Å². The second kappa shape index (κ2) is 3.82. The van der Waals surface area contributed by atoms with Crippen molar-refractivity contribution >= 4 is 11.9 Å². The third-order valence-corrected chi connectivity index (χ3v) is 2.42. The Kier molecular flexibility index (Phi) is 2.49. The van der Waals surface area contributed by atoms with Crippen LogP contribution in [0, 0.1) is 0 Å². The molecule has 2 rings (SSSR count). The number of benzene rings is 1. The van der Waals surface area contributed by atoms with Crippen molar-refractivity contribution in [3.05, 3.63) is 29.8 Å². The molecule has 0 bridgehead atoms. The fraction of sp³-hybridized carbons (Fsp3) is 0.200. The molecule has 0 unspecified atom stereocenters. The molecule has 1 aliphatic heterocycles. The highest BCUT2D eigenvalue weighted by molar-refractivity contribution is 6.03. The van der Waals surface area contributed by atoms with Gasteiger partial charge in [0.1, 0.15) is 11.8 Å². The Morgan fingerprint density at radius 3 is 2.38 bits per heavy atom. The lowest BCUT2D eigenvalue weighted by Crippen LogP contribution is -2.37. The number of amides is 3. The summed E-state index contributed by atoms with van der Waals surface area (Å²) in [6.07, 6.45) is 0. The minimum absolute atomic E-state index is 0.463. The van der Waals surface area contributed by atoms with Crippen LogP contribution in [0.25, 0.3) is 0 Å². The second-order valence-electron chi connectivity index (χ2n) is 3.36. The van der Waals surface area contributed by atoms with Gasteiger partial charge in [0.2, 0.25) is 0 Å². The lowest BCUT2D eigenvalue weighted by atomic mass is 10.1. The third kappa shape index (κ3) is 1.59. The maximum absolute atomic E-state index is 11.6. The smallest absolute Gasteiger partial charge is 0.339 e. The predicted octanol–water partition coefficient (Wildman–Crippen LogP) is 0.162. The summed E-state index contributed by atoms with van der Waals surface area (Å²) >= 11 is 0. The third-order valence-electron chi connectivity index (χ3n) is 2.42. The highest BCUT2D eigenvalue weighted by atomic mass is 16.5. The Balaban J connectivity index is 2.25. The fourth-order valence-electron chi connectivity index (χ4n) is 1.52. The number of urea groups is 1. The first-order chi connectivity index (χ1) is 7.63. The van der Waals surface area contributed by atoms with Crippen LogP contribution in [0.5, 0.6) is 5.75 Å². The van der Waals surface area contributed by atoms with E-state index in [9.17, 15) is 9.59 Å². The zero-order chi connectivity index (χ0) is 11.7. The number of hydrazine groups is 1. The summed E-state index contributed by atoms with van der Waals surface area (Å²) in [4.78, 5) is 22.7. The summed E-state index contributed by atoms with van der Waals surface area (Å²) in [5.74, 6) is 5.48. The maximum atomic E-state index is 11.6. The summed E-state index contributed by atoms with van der Waals surface area (Å²) < 4.78 is 4.99. The zero-order valence-electron chi connectivity index (χ0n) is 8.64. The van der Waals surface area contributed by atoms with Crippen LogP contribution >= 0.6 is 0 Å². The van der Waals surface area contributed by atoms with Crippen molar-refractivity contribution in [2.45, 2.75) is 6.04 Å². The number of imide groups is 1. The Bertz CT molecular complexity index is 429. The van der Waals surface area contributed by atoms with Crippen LogP contribution in [-0.2, 0) is 4.79 Å². The van der Waals surface area contributed by atoms with Crippen LogP contribution in [0.2, 0.25) is 0 Å². The molecule has 1 heterocycles. The average molecular weight is 221 g/mol. The predicted molar refractivity (Wildman–Crippen MR) is 55.3 cm³/mol. The van der Waals surface area contributed by atoms with E-state index in [0.29, 0.717) is 16.3 Å². The van der Waals surface area contributed by atoms with Gasteiger partial charge in [0.25, 0.3) is 5.91 Å². The maximum Gasteiger partial charge on any atom is 0.339 e. The molecule has 84 valence electrons. The van der Waals surface area contributed by atoms with Crippen molar-refractivity contribution < 1.29 is 14.3 Å². The Hall–Kier alpha value is -2.08. The Morgan fingerprint density at radius 2 is 1.94 bits per heavy atom. The molecule has 0 radical (unpaired) electrons. The van der Waals surface area contributed by atoms with Gasteiger partial charge in [0.15, 0.2) is 0 Å². The molecule has 1 aromatic carbocycles. The minimum Gasteiger partial charge on any atom is -0.497 e. The van der Waals surface area contributed by atoms with Crippen molar-refractivity contribution in [3.8, 4) is 5.75 Å². The van der Waals surface area contributed by atoms with E-state index in [1.807, 2.05) is 0 Å². The van der Waals surface area contributed by atoms with E-state index in [1.165, 1.54) is 0 Å². The molecule has 1 aromatic rings. The lowest BCUT2D eigenvalue weighted by Gasteiger charge is -2.08. The Labute approximate surface area is 91.9 Å². The first kappa shape index (κ1) is 10.4. The van der Waals surface area contributed by atoms with E-state index in [2.05, 4.69) is 5.32 Å². The van der Waals surface area contributed by atoms with Crippen LogP contribution in [0.3, 0.4) is 0 Å². The van der Waals surface area contributed by atoms with Crippen molar-refractivity contribution in [2.24, 2.45) is 5.84 Å². The standard InChI is InChI=1S/C10H11N3O3/c1-16-7-4-2-6(3-5-7)8-9(14)13(11)10(15)12-8/h2-5,8H,11H2,1H3,(H,12,15)/t8-/m1/s1. The zero-order valence-corrected chi connectivity index (χ0v) is 8.64. The molecule has 3 N–H and O–H groups in total. The second-order valence-corrected chi connectivity index (χ2v) is 3.36. The number of nitrogens with zero attached hydrogens (tertiary/aromatic N) is 1. The van der Waals surface area contributed by atoms with Gasteiger partial charge in [0, 0.05) is 0 Å². The highest BCUT2D eigenvalue weighted by Crippen LogP contribution is 2.22. The highest BCUT2D eigenvalue weighted by Gasteiger charge is 2.37. The first-order valence-electron chi connectivity index (χ1n) is 4.66. The van der Waals surface area contributed by atoms with Gasteiger partial charge >= 0.3 is 6.03 Å². The molecular weight excluding hydrogens is 210 g/mol. The van der Waals surface area contributed by atoms with Gasteiger partial charge in [-0.05, 0) is 17.7 Å². The molecule has 16 heavy (non-hydrogen) atoms. The van der Waals surface area contributed by atoms with E-state index in [1.54, 1.807) is 31.4 Å². The number of rotatable bonds is 2. The molecule has 0 saturated carbocycles. The van der Waals surface area contributed by atoms with E-state index in [-0.39, 0.29) is 0 Å². The summed E-state index contributed by atoms with van der Waals surface area (Å²) in [6, 6.07) is 5.55. The van der Waals surface area contributed by atoms with Gasteiger partial charge < -0.3 is 10.1 Å². The van der Waals surface area contributed by atoms with E-state index >= 15 is 0 Å². The number of hydrogen-bond acceptors (Lipinski definition) is 4. The molecule has 1 aliphatic rings. The van der Waals surface area contributed by atoms with Gasteiger partial charge in [-0.1, -0.05) is 12.1 Å². The monoisotopic (exact) mass is 221 g/mol. The van der Waals surface area contributed by atoms with Gasteiger partial charge in [-0.25, -0.2) is 10.6 Å². The number of methoxy groups -OCH3 is 1. The van der Waals surface area contributed by atoms with Crippen molar-refractivity contribution in [1.29, 1.82) is 0 Å². The van der Waals surface area contributed by atoms with Crippen LogP contribution in [0.15, 0.2) is 24.3 Å². The van der Waals surface area contributed by atoms with Crippen molar-refractivity contribution in [3.63, 3.8) is 0 Å². The van der Waals surface area contributed by atoms with Crippen molar-refractivity contribution in [1.82, 2.24) is 10.3 Å². The number of carbonyl (C=O) groups is 2. The number of nitrogens with two attached hydrogens (primary N) is 1. The summed E-state index contributed by atoms with van der Waals surface area (Å²) in [5, 5.41) is 3.06.